The molecule has 0 aliphatic carbocycles. The van der Waals surface area contributed by atoms with E-state index in [1.54, 1.807) is 11.3 Å². The van der Waals surface area contributed by atoms with Crippen LogP contribution in [0.5, 0.6) is 5.75 Å². The van der Waals surface area contributed by atoms with Crippen molar-refractivity contribution in [3.8, 4) is 5.75 Å². The first-order valence-corrected chi connectivity index (χ1v) is 7.90. The first-order valence-electron chi connectivity index (χ1n) is 7.02. The highest BCUT2D eigenvalue weighted by atomic mass is 32.1. The maximum absolute atomic E-state index is 5.73. The number of ether oxygens (including phenoxy) is 1. The van der Waals surface area contributed by atoms with Gasteiger partial charge in [-0.2, -0.15) is 0 Å². The summed E-state index contributed by atoms with van der Waals surface area (Å²) in [6.45, 7) is 9.13. The molecule has 20 heavy (non-hydrogen) atoms. The summed E-state index contributed by atoms with van der Waals surface area (Å²) in [6, 6.07) is 12.6. The number of thiophene rings is 1. The van der Waals surface area contributed by atoms with Crippen molar-refractivity contribution in [2.24, 2.45) is 0 Å². The third kappa shape index (κ3) is 4.66. The molecule has 2 aromatic rings. The molecule has 0 amide bonds. The summed E-state index contributed by atoms with van der Waals surface area (Å²) in [6.07, 6.45) is 0. The first-order chi connectivity index (χ1) is 9.55. The molecule has 3 heteroatoms. The van der Waals surface area contributed by atoms with Crippen LogP contribution in [0.1, 0.15) is 31.2 Å². The Morgan fingerprint density at radius 3 is 2.45 bits per heavy atom. The van der Waals surface area contributed by atoms with Crippen molar-refractivity contribution in [3.05, 3.63) is 52.2 Å². The molecule has 0 radical (unpaired) electrons. The van der Waals surface area contributed by atoms with Crippen molar-refractivity contribution in [2.45, 2.75) is 32.7 Å². The van der Waals surface area contributed by atoms with Gasteiger partial charge in [-0.1, -0.05) is 39.0 Å². The predicted octanol–water partition coefficient (Wildman–Crippen LogP) is 4.21. The van der Waals surface area contributed by atoms with Gasteiger partial charge in [-0.3, -0.25) is 0 Å². The largest absolute Gasteiger partial charge is 0.492 e. The molecule has 0 aliphatic heterocycles. The Morgan fingerprint density at radius 1 is 1.10 bits per heavy atom. The summed E-state index contributed by atoms with van der Waals surface area (Å²) < 4.78 is 5.73. The van der Waals surface area contributed by atoms with Gasteiger partial charge in [-0.15, -0.1) is 11.3 Å². The summed E-state index contributed by atoms with van der Waals surface area (Å²) in [5, 5.41) is 5.48. The maximum Gasteiger partial charge on any atom is 0.119 e. The number of nitrogens with one attached hydrogen (secondary N) is 1. The van der Waals surface area contributed by atoms with E-state index in [2.05, 4.69) is 67.9 Å². The zero-order valence-electron chi connectivity index (χ0n) is 12.5. The Bertz CT molecular complexity index is 497. The second-order valence-electron chi connectivity index (χ2n) is 5.88. The van der Waals surface area contributed by atoms with E-state index in [9.17, 15) is 0 Å². The van der Waals surface area contributed by atoms with Gasteiger partial charge in [-0.25, -0.2) is 0 Å². The summed E-state index contributed by atoms with van der Waals surface area (Å²) in [4.78, 5) is 1.36. The molecular weight excluding hydrogens is 266 g/mol. The standard InChI is InChI=1S/C17H23NOS/c1-17(2,3)14-6-8-15(9-7-14)19-11-10-18-13-16-5-4-12-20-16/h4-9,12,18H,10-11,13H2,1-3H3. The van der Waals surface area contributed by atoms with Crippen molar-refractivity contribution < 1.29 is 4.74 Å². The van der Waals surface area contributed by atoms with Crippen molar-refractivity contribution >= 4 is 11.3 Å². The third-order valence-electron chi connectivity index (χ3n) is 3.15. The van der Waals surface area contributed by atoms with Gasteiger partial charge in [0.05, 0.1) is 0 Å². The van der Waals surface area contributed by atoms with Crippen LogP contribution >= 0.6 is 11.3 Å². The van der Waals surface area contributed by atoms with E-state index in [0.29, 0.717) is 6.61 Å². The lowest BCUT2D eigenvalue weighted by Crippen LogP contribution is -2.20. The first kappa shape index (κ1) is 15.1. The second kappa shape index (κ2) is 6.91. The average molecular weight is 289 g/mol. The molecule has 1 heterocycles. The van der Waals surface area contributed by atoms with Gasteiger partial charge in [0.1, 0.15) is 12.4 Å². The van der Waals surface area contributed by atoms with Crippen LogP contribution in [0.2, 0.25) is 0 Å². The Kier molecular flexibility index (Phi) is 5.21. The number of benzene rings is 1. The molecule has 0 unspecified atom stereocenters. The minimum atomic E-state index is 0.195. The highest BCUT2D eigenvalue weighted by Gasteiger charge is 2.12. The third-order valence-corrected chi connectivity index (χ3v) is 4.02. The van der Waals surface area contributed by atoms with Crippen LogP contribution in [0.4, 0.5) is 0 Å². The molecule has 1 aromatic carbocycles. The van der Waals surface area contributed by atoms with Crippen molar-refractivity contribution in [3.63, 3.8) is 0 Å². The molecule has 0 fully saturated rings. The molecule has 0 spiro atoms. The van der Waals surface area contributed by atoms with Gasteiger partial charge >= 0.3 is 0 Å². The molecule has 2 rings (SSSR count). The zero-order valence-corrected chi connectivity index (χ0v) is 13.3. The quantitative estimate of drug-likeness (QED) is 0.804. The Labute approximate surface area is 125 Å². The smallest absolute Gasteiger partial charge is 0.119 e. The zero-order chi connectivity index (χ0) is 14.4. The number of hydrogen-bond donors (Lipinski definition) is 1. The molecule has 2 nitrogen and oxygen atoms in total. The van der Waals surface area contributed by atoms with E-state index in [1.807, 2.05) is 0 Å². The van der Waals surface area contributed by atoms with Gasteiger partial charge < -0.3 is 10.1 Å². The van der Waals surface area contributed by atoms with Crippen LogP contribution < -0.4 is 10.1 Å². The molecule has 1 N–H and O–H groups in total. The second-order valence-corrected chi connectivity index (χ2v) is 6.91. The summed E-state index contributed by atoms with van der Waals surface area (Å²) in [7, 11) is 0. The molecule has 0 saturated carbocycles. The monoisotopic (exact) mass is 289 g/mol. The van der Waals surface area contributed by atoms with E-state index in [-0.39, 0.29) is 5.41 Å². The molecule has 0 bridgehead atoms. The van der Waals surface area contributed by atoms with E-state index < -0.39 is 0 Å². The molecular formula is C17H23NOS. The molecule has 0 atom stereocenters. The fraction of sp³-hybridized carbons (Fsp3) is 0.412. The van der Waals surface area contributed by atoms with Gasteiger partial charge in [0.15, 0.2) is 0 Å². The highest BCUT2D eigenvalue weighted by Crippen LogP contribution is 2.24. The SMILES string of the molecule is CC(C)(C)c1ccc(OCCNCc2cccs2)cc1. The van der Waals surface area contributed by atoms with E-state index in [0.717, 1.165) is 18.8 Å². The van der Waals surface area contributed by atoms with Gasteiger partial charge in [0, 0.05) is 18.0 Å². The van der Waals surface area contributed by atoms with Crippen LogP contribution in [-0.2, 0) is 12.0 Å². The van der Waals surface area contributed by atoms with Crippen LogP contribution in [0, 0.1) is 0 Å². The molecule has 0 aliphatic rings. The summed E-state index contributed by atoms with van der Waals surface area (Å²) >= 11 is 1.78. The van der Waals surface area contributed by atoms with E-state index in [1.165, 1.54) is 10.4 Å². The fourth-order valence-corrected chi connectivity index (χ4v) is 2.59. The molecule has 108 valence electrons. The lowest BCUT2D eigenvalue weighted by molar-refractivity contribution is 0.313. The topological polar surface area (TPSA) is 21.3 Å². The van der Waals surface area contributed by atoms with Crippen LogP contribution in [-0.4, -0.2) is 13.2 Å². The highest BCUT2D eigenvalue weighted by molar-refractivity contribution is 7.09. The van der Waals surface area contributed by atoms with E-state index in [4.69, 9.17) is 4.74 Å². The average Bonchev–Trinajstić information content (AvgIpc) is 2.91. The molecule has 1 aromatic heterocycles. The van der Waals surface area contributed by atoms with Gasteiger partial charge in [0.2, 0.25) is 0 Å². The Hall–Kier alpha value is -1.32. The van der Waals surface area contributed by atoms with Gasteiger partial charge in [-0.05, 0) is 34.6 Å². The minimum Gasteiger partial charge on any atom is -0.492 e. The van der Waals surface area contributed by atoms with Crippen molar-refractivity contribution in [2.75, 3.05) is 13.2 Å². The molecule has 0 saturated heterocycles. The Balaban J connectivity index is 1.69. The normalized spacial score (nSPS) is 11.6. The number of hydrogen-bond acceptors (Lipinski definition) is 3. The lowest BCUT2D eigenvalue weighted by atomic mass is 9.87. The number of rotatable bonds is 6. The summed E-state index contributed by atoms with van der Waals surface area (Å²) in [5.74, 6) is 0.941. The Morgan fingerprint density at radius 2 is 1.85 bits per heavy atom. The summed E-state index contributed by atoms with van der Waals surface area (Å²) in [5.41, 5.74) is 1.53. The van der Waals surface area contributed by atoms with Crippen molar-refractivity contribution in [1.82, 2.24) is 5.32 Å². The minimum absolute atomic E-state index is 0.195. The van der Waals surface area contributed by atoms with Crippen LogP contribution in [0.15, 0.2) is 41.8 Å². The lowest BCUT2D eigenvalue weighted by Gasteiger charge is -2.19. The van der Waals surface area contributed by atoms with Crippen LogP contribution in [0.25, 0.3) is 0 Å². The van der Waals surface area contributed by atoms with E-state index >= 15 is 0 Å². The van der Waals surface area contributed by atoms with Crippen LogP contribution in [0.3, 0.4) is 0 Å². The maximum atomic E-state index is 5.73. The van der Waals surface area contributed by atoms with Crippen molar-refractivity contribution in [1.29, 1.82) is 0 Å². The fourth-order valence-electron chi connectivity index (χ4n) is 1.92. The predicted molar refractivity (Wildman–Crippen MR) is 86.7 cm³/mol. The van der Waals surface area contributed by atoms with Gasteiger partial charge in [0.25, 0.3) is 0 Å².